The molecular weight excluding hydrogens is 488 g/mol. The lowest BCUT2D eigenvalue weighted by molar-refractivity contribution is -0.145. The molecule has 3 aromatic rings. The monoisotopic (exact) mass is 512 g/mol. The van der Waals surface area contributed by atoms with Crippen molar-refractivity contribution in [1.29, 1.82) is 0 Å². The minimum absolute atomic E-state index is 0.170. The molecule has 0 saturated heterocycles. The average molecular weight is 513 g/mol. The molecule has 0 spiro atoms. The van der Waals surface area contributed by atoms with Crippen molar-refractivity contribution in [3.63, 3.8) is 0 Å². The number of esters is 2. The van der Waals surface area contributed by atoms with Crippen LogP contribution in [0.4, 0.5) is 0 Å². The highest BCUT2D eigenvalue weighted by Gasteiger charge is 2.33. The summed E-state index contributed by atoms with van der Waals surface area (Å²) < 4.78 is 17.6. The van der Waals surface area contributed by atoms with E-state index < -0.39 is 18.0 Å². The molecule has 0 amide bonds. The number of thiazole rings is 1. The fraction of sp³-hybridized carbons (Fsp3) is 0.280. The van der Waals surface area contributed by atoms with Gasteiger partial charge in [0.15, 0.2) is 11.4 Å². The van der Waals surface area contributed by atoms with Crippen molar-refractivity contribution in [2.45, 2.75) is 26.8 Å². The second kappa shape index (κ2) is 10.8. The van der Waals surface area contributed by atoms with E-state index >= 15 is 0 Å². The maximum atomic E-state index is 13.5. The highest BCUT2D eigenvalue weighted by atomic mass is 32.1. The number of hydrogen-bond donors (Lipinski definition) is 0. The fourth-order valence-corrected chi connectivity index (χ4v) is 5.53. The number of thiophene rings is 1. The molecule has 35 heavy (non-hydrogen) atoms. The summed E-state index contributed by atoms with van der Waals surface area (Å²) in [5, 5.41) is 1.91. The number of rotatable bonds is 8. The minimum atomic E-state index is -0.592. The zero-order valence-electron chi connectivity index (χ0n) is 19.5. The molecule has 0 aliphatic carbocycles. The number of aromatic nitrogens is 1. The maximum Gasteiger partial charge on any atom is 0.344 e. The molecule has 8 nitrogen and oxygen atoms in total. The highest BCUT2D eigenvalue weighted by molar-refractivity contribution is 7.10. The summed E-state index contributed by atoms with van der Waals surface area (Å²) >= 11 is 2.74. The van der Waals surface area contributed by atoms with Crippen molar-refractivity contribution in [2.75, 3.05) is 19.8 Å². The van der Waals surface area contributed by atoms with Gasteiger partial charge < -0.3 is 14.2 Å². The Morgan fingerprint density at radius 1 is 1.11 bits per heavy atom. The third kappa shape index (κ3) is 5.28. The quantitative estimate of drug-likeness (QED) is 0.431. The van der Waals surface area contributed by atoms with Crippen LogP contribution in [-0.4, -0.2) is 36.3 Å². The van der Waals surface area contributed by atoms with Crippen LogP contribution in [0, 0.1) is 0 Å². The zero-order valence-corrected chi connectivity index (χ0v) is 21.1. The first-order valence-corrected chi connectivity index (χ1v) is 12.7. The lowest BCUT2D eigenvalue weighted by atomic mass is 10.0. The van der Waals surface area contributed by atoms with E-state index in [1.165, 1.54) is 22.7 Å². The van der Waals surface area contributed by atoms with Crippen molar-refractivity contribution in [1.82, 2.24) is 4.57 Å². The van der Waals surface area contributed by atoms with Crippen molar-refractivity contribution >= 4 is 40.7 Å². The van der Waals surface area contributed by atoms with Crippen LogP contribution in [0.25, 0.3) is 6.08 Å². The summed E-state index contributed by atoms with van der Waals surface area (Å²) in [5.41, 5.74) is 1.46. The first-order valence-electron chi connectivity index (χ1n) is 11.0. The van der Waals surface area contributed by atoms with E-state index in [1.807, 2.05) is 17.5 Å². The zero-order chi connectivity index (χ0) is 24.9. The number of nitrogens with zero attached hydrogens (tertiary/aromatic N) is 2. The van der Waals surface area contributed by atoms with Crippen molar-refractivity contribution in [3.8, 4) is 5.75 Å². The van der Waals surface area contributed by atoms with Crippen LogP contribution >= 0.6 is 22.7 Å². The Hall–Kier alpha value is -3.50. The SMILES string of the molecule is CCOC(=O)COc1ccc(/C=c2\sc3n(c2=O)[C@@H](c2cccs2)C(C(=O)OCC)=C(C)N=3)cc1. The van der Waals surface area contributed by atoms with Crippen LogP contribution in [0.15, 0.2) is 62.8 Å². The molecule has 182 valence electrons. The first kappa shape index (κ1) is 24.6. The van der Waals surface area contributed by atoms with Gasteiger partial charge in [-0.05, 0) is 56.0 Å². The number of benzene rings is 1. The molecule has 1 atom stereocenters. The smallest absolute Gasteiger partial charge is 0.344 e. The van der Waals surface area contributed by atoms with E-state index in [2.05, 4.69) is 4.99 Å². The Kier molecular flexibility index (Phi) is 7.62. The van der Waals surface area contributed by atoms with Gasteiger partial charge in [-0.2, -0.15) is 0 Å². The Morgan fingerprint density at radius 2 is 1.86 bits per heavy atom. The van der Waals surface area contributed by atoms with Crippen molar-refractivity contribution < 1.29 is 23.8 Å². The van der Waals surface area contributed by atoms with E-state index in [0.29, 0.717) is 33.0 Å². The Labute approximate surface area is 209 Å². The molecule has 0 unspecified atom stereocenters. The van der Waals surface area contributed by atoms with Crippen molar-refractivity contribution in [3.05, 3.63) is 83.2 Å². The number of fused-ring (bicyclic) bond motifs is 1. The predicted octanol–water partition coefficient (Wildman–Crippen LogP) is 2.80. The largest absolute Gasteiger partial charge is 0.482 e. The molecule has 10 heteroatoms. The van der Waals surface area contributed by atoms with Gasteiger partial charge in [-0.1, -0.05) is 29.5 Å². The second-order valence-corrected chi connectivity index (χ2v) is 9.47. The molecule has 0 radical (unpaired) electrons. The summed E-state index contributed by atoms with van der Waals surface area (Å²) in [6.45, 7) is 5.60. The number of ether oxygens (including phenoxy) is 3. The Morgan fingerprint density at radius 3 is 2.51 bits per heavy atom. The maximum absolute atomic E-state index is 13.5. The summed E-state index contributed by atoms with van der Waals surface area (Å²) in [5.74, 6) is -0.389. The average Bonchev–Trinajstić information content (AvgIpc) is 3.47. The van der Waals surface area contributed by atoms with E-state index in [9.17, 15) is 14.4 Å². The predicted molar refractivity (Wildman–Crippen MR) is 133 cm³/mol. The molecule has 4 rings (SSSR count). The summed E-state index contributed by atoms with van der Waals surface area (Å²) in [6, 6.07) is 10.2. The normalized spacial score (nSPS) is 15.4. The van der Waals surface area contributed by atoms with Crippen LogP contribution < -0.4 is 19.6 Å². The highest BCUT2D eigenvalue weighted by Crippen LogP contribution is 2.33. The third-order valence-electron chi connectivity index (χ3n) is 5.17. The van der Waals surface area contributed by atoms with Gasteiger partial charge in [-0.15, -0.1) is 11.3 Å². The molecule has 3 heterocycles. The van der Waals surface area contributed by atoms with E-state index in [0.717, 1.165) is 10.4 Å². The second-order valence-electron chi connectivity index (χ2n) is 7.48. The molecule has 0 N–H and O–H groups in total. The number of carbonyl (C=O) groups is 2. The Bertz CT molecular complexity index is 1430. The van der Waals surface area contributed by atoms with Gasteiger partial charge in [-0.3, -0.25) is 9.36 Å². The summed E-state index contributed by atoms with van der Waals surface area (Å²) in [4.78, 5) is 43.7. The molecule has 1 aliphatic rings. The number of allylic oxidation sites excluding steroid dienone is 1. The van der Waals surface area contributed by atoms with Gasteiger partial charge in [0, 0.05) is 4.88 Å². The summed E-state index contributed by atoms with van der Waals surface area (Å²) in [7, 11) is 0. The molecular formula is C25H24N2O6S2. The molecule has 2 aromatic heterocycles. The first-order chi connectivity index (χ1) is 16.9. The molecule has 0 saturated carbocycles. The number of hydrogen-bond acceptors (Lipinski definition) is 9. The van der Waals surface area contributed by atoms with E-state index in [4.69, 9.17) is 14.2 Å². The minimum Gasteiger partial charge on any atom is -0.482 e. The van der Waals surface area contributed by atoms with Crippen molar-refractivity contribution in [2.24, 2.45) is 4.99 Å². The van der Waals surface area contributed by atoms with E-state index in [-0.39, 0.29) is 18.8 Å². The van der Waals surface area contributed by atoms with Gasteiger partial charge in [0.05, 0.1) is 29.0 Å². The third-order valence-corrected chi connectivity index (χ3v) is 7.08. The lowest BCUT2D eigenvalue weighted by Gasteiger charge is -2.23. The molecule has 0 fully saturated rings. The van der Waals surface area contributed by atoms with Crippen LogP contribution in [-0.2, 0) is 19.1 Å². The van der Waals surface area contributed by atoms with Gasteiger partial charge in [0.2, 0.25) is 0 Å². The standard InChI is InChI=1S/C25H24N2O6S2/c1-4-31-20(28)14-33-17-10-8-16(9-11-17)13-19-23(29)27-22(18-7-6-12-34-18)21(24(30)32-5-2)15(3)26-25(27)35-19/h6-13,22H,4-5,14H2,1-3H3/b19-13-/t22-/m0/s1. The fourth-order valence-electron chi connectivity index (χ4n) is 3.66. The molecule has 1 aromatic carbocycles. The summed E-state index contributed by atoms with van der Waals surface area (Å²) in [6.07, 6.45) is 1.77. The lowest BCUT2D eigenvalue weighted by Crippen LogP contribution is -2.39. The van der Waals surface area contributed by atoms with Crippen LogP contribution in [0.2, 0.25) is 0 Å². The van der Waals surface area contributed by atoms with Gasteiger partial charge in [0.1, 0.15) is 11.8 Å². The molecule has 0 bridgehead atoms. The number of carbonyl (C=O) groups excluding carboxylic acids is 2. The van der Waals surface area contributed by atoms with Crippen LogP contribution in [0.5, 0.6) is 5.75 Å². The van der Waals surface area contributed by atoms with Gasteiger partial charge >= 0.3 is 11.9 Å². The molecule has 1 aliphatic heterocycles. The van der Waals surface area contributed by atoms with Gasteiger partial charge in [-0.25, -0.2) is 14.6 Å². The topological polar surface area (TPSA) is 96.2 Å². The van der Waals surface area contributed by atoms with E-state index in [1.54, 1.807) is 55.7 Å². The van der Waals surface area contributed by atoms with Crippen LogP contribution in [0.1, 0.15) is 37.3 Å². The van der Waals surface area contributed by atoms with Gasteiger partial charge in [0.25, 0.3) is 5.56 Å². The van der Waals surface area contributed by atoms with Crippen LogP contribution in [0.3, 0.4) is 0 Å². The Balaban J connectivity index is 1.70.